The van der Waals surface area contributed by atoms with Crippen molar-refractivity contribution < 1.29 is 9.47 Å². The van der Waals surface area contributed by atoms with Crippen LogP contribution in [0.25, 0.3) is 6.08 Å². The summed E-state index contributed by atoms with van der Waals surface area (Å²) in [5, 5.41) is 3.40. The third-order valence-electron chi connectivity index (χ3n) is 3.08. The fourth-order valence-electron chi connectivity index (χ4n) is 1.82. The van der Waals surface area contributed by atoms with Gasteiger partial charge in [-0.1, -0.05) is 34.5 Å². The number of nitrogens with one attached hydrogen (secondary N) is 1. The van der Waals surface area contributed by atoms with E-state index >= 15 is 0 Å². The van der Waals surface area contributed by atoms with E-state index in [9.17, 15) is 0 Å². The molecule has 4 heteroatoms. The van der Waals surface area contributed by atoms with Gasteiger partial charge in [0.15, 0.2) is 11.5 Å². The van der Waals surface area contributed by atoms with Gasteiger partial charge in [-0.2, -0.15) is 0 Å². The van der Waals surface area contributed by atoms with Crippen molar-refractivity contribution in [3.8, 4) is 11.5 Å². The molecule has 0 aromatic heterocycles. The van der Waals surface area contributed by atoms with E-state index in [1.165, 1.54) is 5.57 Å². The van der Waals surface area contributed by atoms with Crippen LogP contribution in [0.2, 0.25) is 0 Å². The van der Waals surface area contributed by atoms with Crippen LogP contribution in [-0.4, -0.2) is 26.8 Å². The van der Waals surface area contributed by atoms with Gasteiger partial charge in [0.1, 0.15) is 0 Å². The molecule has 1 unspecified atom stereocenters. The molecule has 19 heavy (non-hydrogen) atoms. The molecule has 1 N–H and O–H groups in total. The van der Waals surface area contributed by atoms with Gasteiger partial charge in [-0.25, -0.2) is 0 Å². The molecule has 106 valence electrons. The number of hydrogen-bond acceptors (Lipinski definition) is 3. The molecule has 0 aliphatic rings. The summed E-state index contributed by atoms with van der Waals surface area (Å²) in [4.78, 5) is 0. The third-order valence-corrected chi connectivity index (χ3v) is 3.77. The lowest BCUT2D eigenvalue weighted by molar-refractivity contribution is 0.354. The minimum absolute atomic E-state index is 0.352. The molecule has 0 saturated carbocycles. The van der Waals surface area contributed by atoms with Crippen molar-refractivity contribution in [1.29, 1.82) is 0 Å². The van der Waals surface area contributed by atoms with Gasteiger partial charge in [0.2, 0.25) is 0 Å². The number of likely N-dealkylation sites (N-methyl/N-ethyl adjacent to an activating group) is 1. The van der Waals surface area contributed by atoms with E-state index in [1.807, 2.05) is 12.1 Å². The molecule has 0 amide bonds. The summed E-state index contributed by atoms with van der Waals surface area (Å²) in [7, 11) is 3.28. The van der Waals surface area contributed by atoms with Gasteiger partial charge in [-0.05, 0) is 38.1 Å². The number of ether oxygens (including phenoxy) is 2. The van der Waals surface area contributed by atoms with Crippen LogP contribution in [-0.2, 0) is 0 Å². The maximum Gasteiger partial charge on any atom is 0.161 e. The fraction of sp³-hybridized carbons (Fsp3) is 0.467. The van der Waals surface area contributed by atoms with Crippen molar-refractivity contribution in [2.24, 2.45) is 0 Å². The smallest absolute Gasteiger partial charge is 0.161 e. The lowest BCUT2D eigenvalue weighted by Crippen LogP contribution is -2.26. The van der Waals surface area contributed by atoms with Crippen molar-refractivity contribution in [3.05, 3.63) is 27.7 Å². The largest absolute Gasteiger partial charge is 0.493 e. The van der Waals surface area contributed by atoms with Crippen LogP contribution in [0, 0.1) is 0 Å². The average Bonchev–Trinajstić information content (AvgIpc) is 2.40. The maximum absolute atomic E-state index is 5.33. The Morgan fingerprint density at radius 2 is 1.89 bits per heavy atom. The summed E-state index contributed by atoms with van der Waals surface area (Å²) < 4.78 is 11.6. The molecule has 0 aliphatic heterocycles. The van der Waals surface area contributed by atoms with Gasteiger partial charge in [-0.3, -0.25) is 0 Å². The molecule has 0 heterocycles. The summed E-state index contributed by atoms with van der Waals surface area (Å²) >= 11 is 3.57. The lowest BCUT2D eigenvalue weighted by Gasteiger charge is -2.14. The van der Waals surface area contributed by atoms with E-state index in [0.29, 0.717) is 6.04 Å². The molecule has 0 fully saturated rings. The monoisotopic (exact) mass is 327 g/mol. The molecule has 1 atom stereocenters. The molecular weight excluding hydrogens is 306 g/mol. The first-order valence-corrected chi connectivity index (χ1v) is 7.15. The maximum atomic E-state index is 5.33. The zero-order valence-corrected chi connectivity index (χ0v) is 13.8. The molecule has 0 saturated heterocycles. The van der Waals surface area contributed by atoms with Crippen molar-refractivity contribution in [3.63, 3.8) is 0 Å². The van der Waals surface area contributed by atoms with Crippen molar-refractivity contribution >= 4 is 22.0 Å². The van der Waals surface area contributed by atoms with E-state index in [2.05, 4.69) is 48.1 Å². The number of methoxy groups -OCH3 is 2. The zero-order chi connectivity index (χ0) is 14.4. The molecule has 0 radical (unpaired) electrons. The first-order chi connectivity index (χ1) is 9.03. The van der Waals surface area contributed by atoms with Crippen molar-refractivity contribution in [2.75, 3.05) is 20.8 Å². The van der Waals surface area contributed by atoms with Crippen molar-refractivity contribution in [2.45, 2.75) is 26.8 Å². The number of halogens is 1. The Morgan fingerprint density at radius 1 is 1.32 bits per heavy atom. The van der Waals surface area contributed by atoms with Gasteiger partial charge in [0.05, 0.1) is 14.2 Å². The average molecular weight is 328 g/mol. The first kappa shape index (κ1) is 16.1. The summed E-state index contributed by atoms with van der Waals surface area (Å²) in [6.07, 6.45) is 2.15. The predicted octanol–water partition coefficient (Wildman–Crippen LogP) is 3.87. The molecular formula is C15H22BrNO2. The number of rotatable bonds is 6. The number of benzene rings is 1. The standard InChI is InChI=1S/C15H22BrNO2/c1-6-17-11(3)10(2)7-12-8-14(18-4)15(19-5)9-13(12)16/h7-9,11,17H,6H2,1-5H3/b10-7+. The second kappa shape index (κ2) is 7.56. The van der Waals surface area contributed by atoms with Gasteiger partial charge in [0, 0.05) is 10.5 Å². The SMILES string of the molecule is CCNC(C)/C(C)=C/c1cc(OC)c(OC)cc1Br. The fourth-order valence-corrected chi connectivity index (χ4v) is 2.25. The van der Waals surface area contributed by atoms with Crippen LogP contribution in [0.1, 0.15) is 26.3 Å². The van der Waals surface area contributed by atoms with Gasteiger partial charge in [-0.15, -0.1) is 0 Å². The van der Waals surface area contributed by atoms with E-state index in [4.69, 9.17) is 9.47 Å². The quantitative estimate of drug-likeness (QED) is 0.860. The highest BCUT2D eigenvalue weighted by molar-refractivity contribution is 9.10. The minimum Gasteiger partial charge on any atom is -0.493 e. The molecule has 1 aromatic carbocycles. The Bertz CT molecular complexity index is 458. The second-order valence-corrected chi connectivity index (χ2v) is 5.25. The Kier molecular flexibility index (Phi) is 6.38. The highest BCUT2D eigenvalue weighted by Gasteiger charge is 2.09. The third kappa shape index (κ3) is 4.25. The molecule has 1 rings (SSSR count). The highest BCUT2D eigenvalue weighted by Crippen LogP contribution is 2.34. The van der Waals surface area contributed by atoms with E-state index < -0.39 is 0 Å². The van der Waals surface area contributed by atoms with Gasteiger partial charge in [0.25, 0.3) is 0 Å². The highest BCUT2D eigenvalue weighted by atomic mass is 79.9. The molecule has 1 aromatic rings. The van der Waals surface area contributed by atoms with Crippen LogP contribution >= 0.6 is 15.9 Å². The Balaban J connectivity index is 3.10. The topological polar surface area (TPSA) is 30.5 Å². The summed E-state index contributed by atoms with van der Waals surface area (Å²) in [5.41, 5.74) is 2.36. The molecule has 0 bridgehead atoms. The van der Waals surface area contributed by atoms with E-state index in [-0.39, 0.29) is 0 Å². The zero-order valence-electron chi connectivity index (χ0n) is 12.2. The van der Waals surface area contributed by atoms with Crippen LogP contribution in [0.5, 0.6) is 11.5 Å². The van der Waals surface area contributed by atoms with Crippen molar-refractivity contribution in [1.82, 2.24) is 5.32 Å². The van der Waals surface area contributed by atoms with Crippen LogP contribution in [0.4, 0.5) is 0 Å². The minimum atomic E-state index is 0.352. The second-order valence-electron chi connectivity index (χ2n) is 4.40. The molecule has 0 aliphatic carbocycles. The van der Waals surface area contributed by atoms with E-state index in [1.54, 1.807) is 14.2 Å². The summed E-state index contributed by atoms with van der Waals surface area (Å²) in [6, 6.07) is 4.26. The van der Waals surface area contributed by atoms with Crippen LogP contribution in [0.15, 0.2) is 22.2 Å². The lowest BCUT2D eigenvalue weighted by atomic mass is 10.1. The first-order valence-electron chi connectivity index (χ1n) is 6.36. The molecule has 3 nitrogen and oxygen atoms in total. The number of hydrogen-bond donors (Lipinski definition) is 1. The Labute approximate surface area is 124 Å². The Morgan fingerprint density at radius 3 is 2.42 bits per heavy atom. The Hall–Kier alpha value is -1.00. The van der Waals surface area contributed by atoms with Crippen LogP contribution < -0.4 is 14.8 Å². The summed E-state index contributed by atoms with van der Waals surface area (Å²) in [5.74, 6) is 1.46. The van der Waals surface area contributed by atoms with Gasteiger partial charge < -0.3 is 14.8 Å². The van der Waals surface area contributed by atoms with Crippen LogP contribution in [0.3, 0.4) is 0 Å². The van der Waals surface area contributed by atoms with E-state index in [0.717, 1.165) is 28.1 Å². The predicted molar refractivity (Wildman–Crippen MR) is 84.0 cm³/mol. The van der Waals surface area contributed by atoms with Gasteiger partial charge >= 0.3 is 0 Å². The normalized spacial score (nSPS) is 13.3. The molecule has 0 spiro atoms. The summed E-state index contributed by atoms with van der Waals surface area (Å²) in [6.45, 7) is 7.34.